The van der Waals surface area contributed by atoms with E-state index in [1.54, 1.807) is 0 Å². The van der Waals surface area contributed by atoms with Crippen LogP contribution in [0.15, 0.2) is 18.2 Å². The average Bonchev–Trinajstić information content (AvgIpc) is 3.21. The second-order valence-corrected chi connectivity index (χ2v) is 4.84. The molecule has 4 heteroatoms. The van der Waals surface area contributed by atoms with Gasteiger partial charge in [0.05, 0.1) is 25.5 Å². The Kier molecular flexibility index (Phi) is 3.39. The zero-order valence-electron chi connectivity index (χ0n) is 10.7. The number of benzene rings is 1. The molecular formula is C14H19NO3. The summed E-state index contributed by atoms with van der Waals surface area (Å²) in [7, 11) is 0. The Bertz CT molecular complexity index is 412. The molecule has 0 radical (unpaired) electrons. The zero-order chi connectivity index (χ0) is 12.4. The highest BCUT2D eigenvalue weighted by Gasteiger charge is 2.24. The molecule has 98 valence electrons. The lowest BCUT2D eigenvalue weighted by atomic mass is 10.2. The summed E-state index contributed by atoms with van der Waals surface area (Å²) in [5.74, 6) is 0.965. The van der Waals surface area contributed by atoms with Gasteiger partial charge in [-0.15, -0.1) is 0 Å². The SMILES string of the molecule is Cc1ccc(N2CCOCC2)c(OC[C@@H]2CO2)c1. The van der Waals surface area contributed by atoms with Crippen molar-refractivity contribution in [1.82, 2.24) is 0 Å². The van der Waals surface area contributed by atoms with Gasteiger partial charge in [0.15, 0.2) is 0 Å². The molecule has 0 spiro atoms. The third-order valence-corrected chi connectivity index (χ3v) is 3.29. The molecule has 4 nitrogen and oxygen atoms in total. The van der Waals surface area contributed by atoms with E-state index in [9.17, 15) is 0 Å². The zero-order valence-corrected chi connectivity index (χ0v) is 10.7. The molecule has 2 saturated heterocycles. The maximum absolute atomic E-state index is 5.89. The second-order valence-electron chi connectivity index (χ2n) is 4.84. The fourth-order valence-electron chi connectivity index (χ4n) is 2.15. The predicted molar refractivity (Wildman–Crippen MR) is 69.4 cm³/mol. The fraction of sp³-hybridized carbons (Fsp3) is 0.571. The third kappa shape index (κ3) is 2.76. The number of hydrogen-bond donors (Lipinski definition) is 0. The molecule has 2 fully saturated rings. The molecule has 0 saturated carbocycles. The summed E-state index contributed by atoms with van der Waals surface area (Å²) in [5.41, 5.74) is 2.39. The van der Waals surface area contributed by atoms with Gasteiger partial charge in [0.2, 0.25) is 0 Å². The lowest BCUT2D eigenvalue weighted by molar-refractivity contribution is 0.122. The summed E-state index contributed by atoms with van der Waals surface area (Å²) in [6.45, 7) is 7.01. The highest BCUT2D eigenvalue weighted by molar-refractivity contribution is 5.60. The van der Waals surface area contributed by atoms with Crippen LogP contribution in [0.3, 0.4) is 0 Å². The molecule has 0 bridgehead atoms. The molecular weight excluding hydrogens is 230 g/mol. The molecule has 0 amide bonds. The normalized spacial score (nSPS) is 22.9. The quantitative estimate of drug-likeness (QED) is 0.759. The molecule has 2 heterocycles. The third-order valence-electron chi connectivity index (χ3n) is 3.29. The molecule has 1 aromatic carbocycles. The van der Waals surface area contributed by atoms with Crippen molar-refractivity contribution in [3.05, 3.63) is 23.8 Å². The van der Waals surface area contributed by atoms with Gasteiger partial charge in [0.25, 0.3) is 0 Å². The van der Waals surface area contributed by atoms with Crippen LogP contribution in [0.25, 0.3) is 0 Å². The standard InChI is InChI=1S/C14H19NO3/c1-11-2-3-13(15-4-6-16-7-5-15)14(8-11)18-10-12-9-17-12/h2-3,8,12H,4-7,9-10H2,1H3/t12-/m0/s1. The lowest BCUT2D eigenvalue weighted by Crippen LogP contribution is -2.36. The van der Waals surface area contributed by atoms with Gasteiger partial charge in [-0.3, -0.25) is 0 Å². The van der Waals surface area contributed by atoms with E-state index in [1.807, 2.05) is 0 Å². The number of aryl methyl sites for hydroxylation is 1. The molecule has 2 aliphatic heterocycles. The number of hydrogen-bond acceptors (Lipinski definition) is 4. The van der Waals surface area contributed by atoms with E-state index in [0.29, 0.717) is 12.7 Å². The molecule has 18 heavy (non-hydrogen) atoms. The van der Waals surface area contributed by atoms with E-state index in [0.717, 1.165) is 38.7 Å². The van der Waals surface area contributed by atoms with Crippen LogP contribution in [0.5, 0.6) is 5.75 Å². The minimum atomic E-state index is 0.294. The average molecular weight is 249 g/mol. The van der Waals surface area contributed by atoms with E-state index in [4.69, 9.17) is 14.2 Å². The number of nitrogens with zero attached hydrogens (tertiary/aromatic N) is 1. The highest BCUT2D eigenvalue weighted by Crippen LogP contribution is 2.30. The van der Waals surface area contributed by atoms with Gasteiger partial charge in [0.1, 0.15) is 18.5 Å². The Morgan fingerprint density at radius 3 is 2.83 bits per heavy atom. The molecule has 0 aliphatic carbocycles. The van der Waals surface area contributed by atoms with Crippen LogP contribution in [0, 0.1) is 6.92 Å². The van der Waals surface area contributed by atoms with Crippen molar-refractivity contribution < 1.29 is 14.2 Å². The van der Waals surface area contributed by atoms with Crippen LogP contribution in [0.1, 0.15) is 5.56 Å². The second kappa shape index (κ2) is 5.16. The number of epoxide rings is 1. The van der Waals surface area contributed by atoms with E-state index in [1.165, 1.54) is 11.3 Å². The first kappa shape index (κ1) is 11.8. The summed E-state index contributed by atoms with van der Waals surface area (Å²) in [5, 5.41) is 0. The Morgan fingerprint density at radius 1 is 1.33 bits per heavy atom. The molecule has 3 rings (SSSR count). The fourth-order valence-corrected chi connectivity index (χ4v) is 2.15. The Hall–Kier alpha value is -1.26. The number of ether oxygens (including phenoxy) is 3. The van der Waals surface area contributed by atoms with E-state index in [2.05, 4.69) is 30.0 Å². The molecule has 0 aromatic heterocycles. The maximum atomic E-state index is 5.89. The topological polar surface area (TPSA) is 34.2 Å². The molecule has 1 aromatic rings. The summed E-state index contributed by atoms with van der Waals surface area (Å²) >= 11 is 0. The van der Waals surface area contributed by atoms with Crippen molar-refractivity contribution in [1.29, 1.82) is 0 Å². The first-order valence-electron chi connectivity index (χ1n) is 6.51. The summed E-state index contributed by atoms with van der Waals surface area (Å²) in [6, 6.07) is 6.38. The summed E-state index contributed by atoms with van der Waals surface area (Å²) < 4.78 is 16.5. The Balaban J connectivity index is 1.76. The van der Waals surface area contributed by atoms with Crippen molar-refractivity contribution >= 4 is 5.69 Å². The predicted octanol–water partition coefficient (Wildman–Crippen LogP) is 1.61. The molecule has 0 unspecified atom stereocenters. The van der Waals surface area contributed by atoms with Gasteiger partial charge in [-0.05, 0) is 24.6 Å². The first-order valence-corrected chi connectivity index (χ1v) is 6.51. The van der Waals surface area contributed by atoms with Crippen LogP contribution in [-0.4, -0.2) is 45.6 Å². The first-order chi connectivity index (χ1) is 8.83. The number of rotatable bonds is 4. The van der Waals surface area contributed by atoms with Gasteiger partial charge in [-0.1, -0.05) is 6.07 Å². The summed E-state index contributed by atoms with van der Waals surface area (Å²) in [4.78, 5) is 2.33. The van der Waals surface area contributed by atoms with Crippen molar-refractivity contribution in [3.8, 4) is 5.75 Å². The van der Waals surface area contributed by atoms with Crippen molar-refractivity contribution in [3.63, 3.8) is 0 Å². The van der Waals surface area contributed by atoms with Crippen LogP contribution in [0.2, 0.25) is 0 Å². The lowest BCUT2D eigenvalue weighted by Gasteiger charge is -2.30. The minimum absolute atomic E-state index is 0.294. The van der Waals surface area contributed by atoms with Gasteiger partial charge in [0, 0.05) is 13.1 Å². The van der Waals surface area contributed by atoms with E-state index < -0.39 is 0 Å². The Labute approximate surface area is 107 Å². The van der Waals surface area contributed by atoms with Gasteiger partial charge >= 0.3 is 0 Å². The smallest absolute Gasteiger partial charge is 0.143 e. The van der Waals surface area contributed by atoms with Crippen LogP contribution in [0.4, 0.5) is 5.69 Å². The van der Waals surface area contributed by atoms with Crippen molar-refractivity contribution in [2.45, 2.75) is 13.0 Å². The number of anilines is 1. The summed E-state index contributed by atoms with van der Waals surface area (Å²) in [6.07, 6.45) is 0.294. The minimum Gasteiger partial charge on any atom is -0.489 e. The van der Waals surface area contributed by atoms with E-state index >= 15 is 0 Å². The monoisotopic (exact) mass is 249 g/mol. The van der Waals surface area contributed by atoms with Crippen molar-refractivity contribution in [2.75, 3.05) is 44.4 Å². The maximum Gasteiger partial charge on any atom is 0.143 e. The van der Waals surface area contributed by atoms with Crippen molar-refractivity contribution in [2.24, 2.45) is 0 Å². The van der Waals surface area contributed by atoms with Crippen LogP contribution >= 0.6 is 0 Å². The van der Waals surface area contributed by atoms with Crippen LogP contribution < -0.4 is 9.64 Å². The number of morpholine rings is 1. The van der Waals surface area contributed by atoms with Crippen LogP contribution in [-0.2, 0) is 9.47 Å². The van der Waals surface area contributed by atoms with Gasteiger partial charge in [-0.25, -0.2) is 0 Å². The van der Waals surface area contributed by atoms with Gasteiger partial charge in [-0.2, -0.15) is 0 Å². The highest BCUT2D eigenvalue weighted by atomic mass is 16.6. The van der Waals surface area contributed by atoms with Gasteiger partial charge < -0.3 is 19.1 Å². The molecule has 0 N–H and O–H groups in total. The molecule has 2 aliphatic rings. The Morgan fingerprint density at radius 2 is 2.11 bits per heavy atom. The van der Waals surface area contributed by atoms with E-state index in [-0.39, 0.29) is 0 Å². The largest absolute Gasteiger partial charge is 0.489 e. The molecule has 1 atom stereocenters.